The van der Waals surface area contributed by atoms with Crippen molar-refractivity contribution in [2.45, 2.75) is 31.8 Å². The third kappa shape index (κ3) is 5.38. The normalized spacial score (nSPS) is 14.8. The number of nitrogens with zero attached hydrogens (tertiary/aromatic N) is 4. The van der Waals surface area contributed by atoms with Gasteiger partial charge in [0, 0.05) is 45.6 Å². The SMILES string of the molecule is CCOC(=O)N1CCC(NC)(N(C)C(=O)c2[nH]cc(-c3nnc(Cc4ccc(F)cc4)s3)c(=O)c2O)CC1. The Morgan fingerprint density at radius 3 is 2.58 bits per heavy atom. The van der Waals surface area contributed by atoms with Gasteiger partial charge in [0.05, 0.1) is 17.8 Å². The molecule has 11 nitrogen and oxygen atoms in total. The van der Waals surface area contributed by atoms with Gasteiger partial charge in [-0.3, -0.25) is 14.9 Å². The summed E-state index contributed by atoms with van der Waals surface area (Å²) in [6.45, 7) is 2.76. The van der Waals surface area contributed by atoms with Gasteiger partial charge in [-0.15, -0.1) is 10.2 Å². The minimum Gasteiger partial charge on any atom is -0.503 e. The number of aromatic amines is 1. The first-order chi connectivity index (χ1) is 18.2. The third-order valence-electron chi connectivity index (χ3n) is 6.77. The molecule has 1 aromatic carbocycles. The van der Waals surface area contributed by atoms with Gasteiger partial charge in [-0.05, 0) is 31.7 Å². The second-order valence-corrected chi connectivity index (χ2v) is 9.95. The van der Waals surface area contributed by atoms with E-state index in [0.29, 0.717) is 37.4 Å². The van der Waals surface area contributed by atoms with Gasteiger partial charge in [0.15, 0.2) is 16.5 Å². The summed E-state index contributed by atoms with van der Waals surface area (Å²) in [4.78, 5) is 44.2. The average molecular weight is 545 g/mol. The minimum atomic E-state index is -0.795. The minimum absolute atomic E-state index is 0.0793. The Hall–Kier alpha value is -3.84. The summed E-state index contributed by atoms with van der Waals surface area (Å²) in [5.41, 5.74) is -0.881. The molecule has 1 fully saturated rings. The second kappa shape index (κ2) is 11.3. The molecule has 13 heteroatoms. The molecular weight excluding hydrogens is 515 g/mol. The van der Waals surface area contributed by atoms with E-state index >= 15 is 0 Å². The van der Waals surface area contributed by atoms with Crippen LogP contribution in [0.1, 0.15) is 40.8 Å². The zero-order valence-corrected chi connectivity index (χ0v) is 22.1. The van der Waals surface area contributed by atoms with E-state index in [1.165, 1.54) is 34.6 Å². The van der Waals surface area contributed by atoms with Crippen molar-refractivity contribution < 1.29 is 23.8 Å². The first-order valence-electron chi connectivity index (χ1n) is 12.1. The number of nitrogens with one attached hydrogen (secondary N) is 2. The predicted octanol–water partition coefficient (Wildman–Crippen LogP) is 2.57. The molecular formula is C25H29FN6O5S. The number of ether oxygens (including phenoxy) is 1. The maximum Gasteiger partial charge on any atom is 0.409 e. The van der Waals surface area contributed by atoms with Gasteiger partial charge >= 0.3 is 6.09 Å². The van der Waals surface area contributed by atoms with Crippen molar-refractivity contribution in [1.29, 1.82) is 0 Å². The fraction of sp³-hybridized carbons (Fsp3) is 0.400. The Kier molecular flexibility index (Phi) is 8.07. The van der Waals surface area contributed by atoms with Gasteiger partial charge in [0.2, 0.25) is 5.43 Å². The van der Waals surface area contributed by atoms with Gasteiger partial charge in [-0.1, -0.05) is 23.5 Å². The highest BCUT2D eigenvalue weighted by Crippen LogP contribution is 2.29. The number of benzene rings is 1. The first-order valence-corrected chi connectivity index (χ1v) is 12.9. The van der Waals surface area contributed by atoms with Crippen molar-refractivity contribution in [3.8, 4) is 16.3 Å². The molecule has 0 radical (unpaired) electrons. The van der Waals surface area contributed by atoms with E-state index in [0.717, 1.165) is 5.56 Å². The summed E-state index contributed by atoms with van der Waals surface area (Å²) < 4.78 is 18.2. The number of H-pyrrole nitrogens is 1. The van der Waals surface area contributed by atoms with Crippen LogP contribution in [0.2, 0.25) is 0 Å². The highest BCUT2D eigenvalue weighted by atomic mass is 32.1. The molecule has 4 rings (SSSR count). The smallest absolute Gasteiger partial charge is 0.409 e. The summed E-state index contributed by atoms with van der Waals surface area (Å²) in [6, 6.07) is 6.00. The van der Waals surface area contributed by atoms with Crippen LogP contribution in [-0.4, -0.2) is 81.5 Å². The number of halogens is 1. The Bertz CT molecular complexity index is 1370. The summed E-state index contributed by atoms with van der Waals surface area (Å²) in [7, 11) is 3.30. The number of carbonyl (C=O) groups is 2. The molecule has 3 heterocycles. The Morgan fingerprint density at radius 1 is 1.26 bits per heavy atom. The van der Waals surface area contributed by atoms with E-state index in [4.69, 9.17) is 4.74 Å². The lowest BCUT2D eigenvalue weighted by atomic mass is 9.94. The molecule has 0 aliphatic carbocycles. The molecule has 1 aliphatic heterocycles. The number of aromatic hydroxyl groups is 1. The Balaban J connectivity index is 1.51. The van der Waals surface area contributed by atoms with Crippen molar-refractivity contribution >= 4 is 23.3 Å². The van der Waals surface area contributed by atoms with E-state index < -0.39 is 28.8 Å². The number of amides is 2. The molecule has 0 spiro atoms. The lowest BCUT2D eigenvalue weighted by molar-refractivity contribution is 0.0145. The van der Waals surface area contributed by atoms with Crippen molar-refractivity contribution in [2.75, 3.05) is 33.8 Å². The number of likely N-dealkylation sites (tertiary alicyclic amines) is 1. The van der Waals surface area contributed by atoms with E-state index in [1.54, 1.807) is 38.1 Å². The lowest BCUT2D eigenvalue weighted by Gasteiger charge is -2.46. The van der Waals surface area contributed by atoms with E-state index in [-0.39, 0.29) is 28.7 Å². The van der Waals surface area contributed by atoms with Crippen LogP contribution in [-0.2, 0) is 11.2 Å². The van der Waals surface area contributed by atoms with Crippen LogP contribution in [0.25, 0.3) is 10.6 Å². The van der Waals surface area contributed by atoms with Crippen molar-refractivity contribution in [3.63, 3.8) is 0 Å². The number of hydrogen-bond acceptors (Lipinski definition) is 9. The quantitative estimate of drug-likeness (QED) is 0.386. The van der Waals surface area contributed by atoms with Crippen LogP contribution >= 0.6 is 11.3 Å². The lowest BCUT2D eigenvalue weighted by Crippen LogP contribution is -2.63. The Labute approximate surface area is 222 Å². The predicted molar refractivity (Wildman–Crippen MR) is 139 cm³/mol. The molecule has 38 heavy (non-hydrogen) atoms. The van der Waals surface area contributed by atoms with Crippen LogP contribution in [0.5, 0.6) is 5.75 Å². The van der Waals surface area contributed by atoms with Crippen molar-refractivity contribution in [3.05, 3.63) is 62.8 Å². The van der Waals surface area contributed by atoms with Gasteiger partial charge < -0.3 is 24.6 Å². The first kappa shape index (κ1) is 27.2. The maximum atomic E-state index is 13.4. The highest BCUT2D eigenvalue weighted by molar-refractivity contribution is 7.14. The van der Waals surface area contributed by atoms with Crippen LogP contribution in [0.4, 0.5) is 9.18 Å². The van der Waals surface area contributed by atoms with Gasteiger partial charge in [0.1, 0.15) is 10.8 Å². The highest BCUT2D eigenvalue weighted by Gasteiger charge is 2.41. The molecule has 1 aliphatic rings. The van der Waals surface area contributed by atoms with Gasteiger partial charge in [-0.25, -0.2) is 9.18 Å². The van der Waals surface area contributed by atoms with Gasteiger partial charge in [-0.2, -0.15) is 0 Å². The van der Waals surface area contributed by atoms with E-state index in [2.05, 4.69) is 20.5 Å². The number of piperidine rings is 1. The molecule has 0 bridgehead atoms. The van der Waals surface area contributed by atoms with Gasteiger partial charge in [0.25, 0.3) is 5.91 Å². The molecule has 2 amide bonds. The molecule has 0 atom stereocenters. The topological polar surface area (TPSA) is 141 Å². The van der Waals surface area contributed by atoms with Crippen LogP contribution in [0.3, 0.4) is 0 Å². The zero-order valence-electron chi connectivity index (χ0n) is 21.3. The number of aromatic nitrogens is 3. The summed E-state index contributed by atoms with van der Waals surface area (Å²) in [5, 5.41) is 22.9. The molecule has 0 unspecified atom stereocenters. The number of rotatable bonds is 7. The Morgan fingerprint density at radius 2 is 1.95 bits per heavy atom. The molecule has 2 aromatic heterocycles. The summed E-state index contributed by atoms with van der Waals surface area (Å²) >= 11 is 1.17. The monoisotopic (exact) mass is 544 g/mol. The number of hydrogen-bond donors (Lipinski definition) is 3. The molecule has 202 valence electrons. The van der Waals surface area contributed by atoms with Crippen LogP contribution in [0.15, 0.2) is 35.3 Å². The van der Waals surface area contributed by atoms with Crippen molar-refractivity contribution in [1.82, 2.24) is 30.3 Å². The number of pyridine rings is 1. The molecule has 0 saturated carbocycles. The van der Waals surface area contributed by atoms with Crippen LogP contribution in [0, 0.1) is 5.82 Å². The van der Waals surface area contributed by atoms with E-state index in [9.17, 15) is 23.9 Å². The second-order valence-electron chi connectivity index (χ2n) is 8.89. The maximum absolute atomic E-state index is 13.4. The average Bonchev–Trinajstić information content (AvgIpc) is 3.39. The molecule has 1 saturated heterocycles. The molecule has 3 aromatic rings. The van der Waals surface area contributed by atoms with Crippen LogP contribution < -0.4 is 10.7 Å². The zero-order chi connectivity index (χ0) is 27.4. The molecule has 3 N–H and O–H groups in total. The largest absolute Gasteiger partial charge is 0.503 e. The standard InChI is InChI=1S/C25H29FN6O5S/c1-4-37-24(36)32-11-9-25(27-2,10-12-32)31(3)23(35)19-21(34)20(33)17(14-28-19)22-30-29-18(38-22)13-15-5-7-16(26)8-6-15/h5-8,14,27,34H,4,9-13H2,1-3H3,(H,28,33). The fourth-order valence-electron chi connectivity index (χ4n) is 4.44. The number of carbonyl (C=O) groups excluding carboxylic acids is 2. The summed E-state index contributed by atoms with van der Waals surface area (Å²) in [6.07, 6.45) is 2.19. The van der Waals surface area contributed by atoms with E-state index in [1.807, 2.05) is 0 Å². The third-order valence-corrected chi connectivity index (χ3v) is 7.72. The summed E-state index contributed by atoms with van der Waals surface area (Å²) in [5.74, 6) is -1.64. The fourth-order valence-corrected chi connectivity index (χ4v) is 5.33. The van der Waals surface area contributed by atoms with Crippen molar-refractivity contribution in [2.24, 2.45) is 0 Å².